The lowest BCUT2D eigenvalue weighted by Crippen LogP contribution is -2.41. The lowest BCUT2D eigenvalue weighted by atomic mass is 9.67. The van der Waals surface area contributed by atoms with Crippen LogP contribution in [0.1, 0.15) is 64.2 Å². The topological polar surface area (TPSA) is 74.6 Å². The molecule has 0 aromatic carbocycles. The summed E-state index contributed by atoms with van der Waals surface area (Å²) in [6, 6.07) is 0. The molecule has 2 aliphatic carbocycles. The Morgan fingerprint density at radius 1 is 0.650 bits per heavy atom. The smallest absolute Gasteiger partial charge is 0.307 e. The molecule has 20 heavy (non-hydrogen) atoms. The van der Waals surface area contributed by atoms with E-state index in [1.54, 1.807) is 0 Å². The average molecular weight is 282 g/mol. The van der Waals surface area contributed by atoms with Gasteiger partial charge in [-0.05, 0) is 37.5 Å². The van der Waals surface area contributed by atoms with Crippen LogP contribution < -0.4 is 0 Å². The maximum absolute atomic E-state index is 11.7. The Labute approximate surface area is 120 Å². The maximum atomic E-state index is 11.7. The summed E-state index contributed by atoms with van der Waals surface area (Å²) >= 11 is 0. The van der Waals surface area contributed by atoms with Crippen molar-refractivity contribution in [3.63, 3.8) is 0 Å². The summed E-state index contributed by atoms with van der Waals surface area (Å²) in [5.74, 6) is -3.04. The van der Waals surface area contributed by atoms with Gasteiger partial charge in [-0.3, -0.25) is 9.59 Å². The van der Waals surface area contributed by atoms with Gasteiger partial charge in [0.25, 0.3) is 0 Å². The first kappa shape index (κ1) is 15.3. The monoisotopic (exact) mass is 282 g/mol. The van der Waals surface area contributed by atoms with Crippen molar-refractivity contribution in [1.82, 2.24) is 0 Å². The van der Waals surface area contributed by atoms with Crippen molar-refractivity contribution in [3.05, 3.63) is 0 Å². The summed E-state index contributed by atoms with van der Waals surface area (Å²) in [7, 11) is 0. The number of aliphatic carboxylic acids is 2. The SMILES string of the molecule is O=C(O)C(C1CCCCC1)C(C(=O)O)C1CCCCC1. The second kappa shape index (κ2) is 7.09. The molecule has 4 heteroatoms. The molecule has 0 heterocycles. The highest BCUT2D eigenvalue weighted by atomic mass is 16.4. The van der Waals surface area contributed by atoms with E-state index in [0.29, 0.717) is 0 Å². The summed E-state index contributed by atoms with van der Waals surface area (Å²) < 4.78 is 0. The standard InChI is InChI=1S/C16H26O4/c17-15(18)13(11-7-3-1-4-8-11)14(16(19)20)12-9-5-2-6-10-12/h11-14H,1-10H2,(H,17,18)(H,19,20). The minimum Gasteiger partial charge on any atom is -0.481 e. The molecule has 2 atom stereocenters. The largest absolute Gasteiger partial charge is 0.481 e. The zero-order chi connectivity index (χ0) is 14.5. The highest BCUT2D eigenvalue weighted by Crippen LogP contribution is 2.41. The third-order valence-electron chi connectivity index (χ3n) is 5.27. The molecule has 2 rings (SSSR count). The van der Waals surface area contributed by atoms with Crippen LogP contribution in [0, 0.1) is 23.7 Å². The number of carboxylic acids is 2. The van der Waals surface area contributed by atoms with E-state index in [-0.39, 0.29) is 11.8 Å². The van der Waals surface area contributed by atoms with E-state index in [1.165, 1.54) is 0 Å². The molecular formula is C16H26O4. The van der Waals surface area contributed by atoms with Gasteiger partial charge in [0.2, 0.25) is 0 Å². The molecule has 0 bridgehead atoms. The van der Waals surface area contributed by atoms with Gasteiger partial charge in [-0.1, -0.05) is 38.5 Å². The van der Waals surface area contributed by atoms with Crippen molar-refractivity contribution in [2.75, 3.05) is 0 Å². The predicted octanol–water partition coefficient (Wildman–Crippen LogP) is 3.55. The molecule has 0 aromatic rings. The Balaban J connectivity index is 2.17. The van der Waals surface area contributed by atoms with Crippen LogP contribution in [-0.2, 0) is 9.59 Å². The van der Waals surface area contributed by atoms with Gasteiger partial charge in [0.15, 0.2) is 0 Å². The Kier molecular flexibility index (Phi) is 5.44. The predicted molar refractivity (Wildman–Crippen MR) is 75.4 cm³/mol. The Hall–Kier alpha value is -1.06. The fraction of sp³-hybridized carbons (Fsp3) is 0.875. The number of hydrogen-bond donors (Lipinski definition) is 2. The van der Waals surface area contributed by atoms with Gasteiger partial charge in [-0.25, -0.2) is 0 Å². The van der Waals surface area contributed by atoms with E-state index in [1.807, 2.05) is 0 Å². The number of hydrogen-bond acceptors (Lipinski definition) is 2. The lowest BCUT2D eigenvalue weighted by molar-refractivity contribution is -0.160. The molecule has 0 saturated heterocycles. The minimum absolute atomic E-state index is 0.0595. The molecule has 0 aliphatic heterocycles. The Morgan fingerprint density at radius 3 is 1.20 bits per heavy atom. The first-order valence-electron chi connectivity index (χ1n) is 8.07. The van der Waals surface area contributed by atoms with Crippen molar-refractivity contribution in [2.45, 2.75) is 64.2 Å². The summed E-state index contributed by atoms with van der Waals surface area (Å²) in [4.78, 5) is 23.4. The van der Waals surface area contributed by atoms with E-state index < -0.39 is 23.8 Å². The van der Waals surface area contributed by atoms with Gasteiger partial charge >= 0.3 is 11.9 Å². The van der Waals surface area contributed by atoms with Gasteiger partial charge in [0.05, 0.1) is 11.8 Å². The third kappa shape index (κ3) is 3.53. The van der Waals surface area contributed by atoms with Crippen molar-refractivity contribution < 1.29 is 19.8 Å². The fourth-order valence-corrected chi connectivity index (χ4v) is 4.28. The van der Waals surface area contributed by atoms with Crippen LogP contribution in [0.2, 0.25) is 0 Å². The molecule has 114 valence electrons. The Bertz CT molecular complexity index is 306. The third-order valence-corrected chi connectivity index (χ3v) is 5.27. The summed E-state index contributed by atoms with van der Waals surface area (Å²) in [5.41, 5.74) is 0. The van der Waals surface area contributed by atoms with Crippen molar-refractivity contribution in [3.8, 4) is 0 Å². The van der Waals surface area contributed by atoms with Gasteiger partial charge in [0, 0.05) is 0 Å². The molecular weight excluding hydrogens is 256 g/mol. The van der Waals surface area contributed by atoms with Crippen LogP contribution in [0.5, 0.6) is 0 Å². The van der Waals surface area contributed by atoms with Crippen molar-refractivity contribution in [2.24, 2.45) is 23.7 Å². The number of rotatable bonds is 5. The summed E-state index contributed by atoms with van der Waals surface area (Å²) in [6.45, 7) is 0. The van der Waals surface area contributed by atoms with Crippen LogP contribution >= 0.6 is 0 Å². The van der Waals surface area contributed by atoms with E-state index >= 15 is 0 Å². The van der Waals surface area contributed by atoms with E-state index in [9.17, 15) is 19.8 Å². The minimum atomic E-state index is -0.894. The van der Waals surface area contributed by atoms with Gasteiger partial charge in [0.1, 0.15) is 0 Å². The highest BCUT2D eigenvalue weighted by Gasteiger charge is 2.44. The molecule has 2 N–H and O–H groups in total. The zero-order valence-corrected chi connectivity index (χ0v) is 12.1. The number of carboxylic acid groups (broad SMARTS) is 2. The van der Waals surface area contributed by atoms with Crippen LogP contribution in [0.3, 0.4) is 0 Å². The molecule has 2 fully saturated rings. The van der Waals surface area contributed by atoms with Crippen LogP contribution in [-0.4, -0.2) is 22.2 Å². The molecule has 0 spiro atoms. The fourth-order valence-electron chi connectivity index (χ4n) is 4.28. The quantitative estimate of drug-likeness (QED) is 0.808. The average Bonchev–Trinajstić information content (AvgIpc) is 2.45. The van der Waals surface area contributed by atoms with E-state index in [2.05, 4.69) is 0 Å². The van der Waals surface area contributed by atoms with Crippen molar-refractivity contribution >= 4 is 11.9 Å². The number of carbonyl (C=O) groups is 2. The summed E-state index contributed by atoms with van der Waals surface area (Å²) in [5, 5.41) is 19.2. The van der Waals surface area contributed by atoms with Crippen LogP contribution in [0.15, 0.2) is 0 Å². The molecule has 4 nitrogen and oxygen atoms in total. The van der Waals surface area contributed by atoms with E-state index in [4.69, 9.17) is 0 Å². The molecule has 2 aliphatic rings. The maximum Gasteiger partial charge on any atom is 0.307 e. The molecule has 2 saturated carbocycles. The van der Waals surface area contributed by atoms with E-state index in [0.717, 1.165) is 64.2 Å². The lowest BCUT2D eigenvalue weighted by Gasteiger charge is -2.36. The zero-order valence-electron chi connectivity index (χ0n) is 12.1. The van der Waals surface area contributed by atoms with Gasteiger partial charge < -0.3 is 10.2 Å². The normalized spacial score (nSPS) is 25.0. The highest BCUT2D eigenvalue weighted by molar-refractivity contribution is 5.80. The second-order valence-electron chi connectivity index (χ2n) is 6.52. The van der Waals surface area contributed by atoms with Gasteiger partial charge in [-0.2, -0.15) is 0 Å². The van der Waals surface area contributed by atoms with Crippen molar-refractivity contribution in [1.29, 1.82) is 0 Å². The Morgan fingerprint density at radius 2 is 0.950 bits per heavy atom. The molecule has 0 amide bonds. The summed E-state index contributed by atoms with van der Waals surface area (Å²) in [6.07, 6.45) is 10.0. The molecule has 2 unspecified atom stereocenters. The van der Waals surface area contributed by atoms with Gasteiger partial charge in [-0.15, -0.1) is 0 Å². The first-order chi connectivity index (χ1) is 9.61. The second-order valence-corrected chi connectivity index (χ2v) is 6.52. The van der Waals surface area contributed by atoms with Crippen LogP contribution in [0.4, 0.5) is 0 Å². The molecule has 0 radical (unpaired) electrons. The van der Waals surface area contributed by atoms with Crippen LogP contribution in [0.25, 0.3) is 0 Å². The first-order valence-corrected chi connectivity index (χ1v) is 8.07. The molecule has 0 aromatic heterocycles.